The minimum absolute atomic E-state index is 0.274. The van der Waals surface area contributed by atoms with Crippen molar-refractivity contribution in [2.45, 2.75) is 0 Å². The van der Waals surface area contributed by atoms with Crippen molar-refractivity contribution in [3.63, 3.8) is 0 Å². The maximum atomic E-state index is 13.5. The Bertz CT molecular complexity index is 625. The maximum Gasteiger partial charge on any atom is 0.131 e. The predicted molar refractivity (Wildman–Crippen MR) is 61.4 cm³/mol. The van der Waals surface area contributed by atoms with E-state index in [9.17, 15) is 8.78 Å². The van der Waals surface area contributed by atoms with Crippen LogP contribution >= 0.6 is 0 Å². The van der Waals surface area contributed by atoms with Crippen LogP contribution in [-0.4, -0.2) is 0 Å². The van der Waals surface area contributed by atoms with Crippen LogP contribution in [0.4, 0.5) is 8.78 Å². The van der Waals surface area contributed by atoms with Gasteiger partial charge in [0.1, 0.15) is 11.6 Å². The maximum absolute atomic E-state index is 13.5. The molecule has 0 aliphatic carbocycles. The van der Waals surface area contributed by atoms with Gasteiger partial charge in [0.15, 0.2) is 0 Å². The first-order valence-corrected chi connectivity index (χ1v) is 5.02. The van der Waals surface area contributed by atoms with Crippen LogP contribution in [0.1, 0.15) is 0 Å². The van der Waals surface area contributed by atoms with Gasteiger partial charge in [0.2, 0.25) is 0 Å². The van der Waals surface area contributed by atoms with Crippen molar-refractivity contribution in [1.29, 1.82) is 0 Å². The van der Waals surface area contributed by atoms with Crippen LogP contribution in [0, 0.1) is 11.6 Å². The molecule has 0 aromatic heterocycles. The average Bonchev–Trinajstić information content (AvgIpc) is 2.29. The van der Waals surface area contributed by atoms with E-state index in [2.05, 4.69) is 0 Å². The summed E-state index contributed by atoms with van der Waals surface area (Å²) in [6.07, 6.45) is 0. The number of hydrogen-bond donors (Lipinski definition) is 0. The predicted octanol–water partition coefficient (Wildman–Crippen LogP) is 4.27. The molecule has 0 saturated carbocycles. The van der Waals surface area contributed by atoms with Crippen LogP contribution < -0.4 is 0 Å². The van der Waals surface area contributed by atoms with Crippen molar-refractivity contribution in [2.24, 2.45) is 0 Å². The van der Waals surface area contributed by atoms with Crippen molar-refractivity contribution in [3.8, 4) is 0 Å². The first-order chi connectivity index (χ1) is 7.75. The highest BCUT2D eigenvalue weighted by Crippen LogP contribution is 2.26. The largest absolute Gasteiger partial charge is 0.206 e. The molecular formula is C14H8F2. The van der Waals surface area contributed by atoms with Gasteiger partial charge in [0.25, 0.3) is 0 Å². The summed E-state index contributed by atoms with van der Waals surface area (Å²) in [5.41, 5.74) is 0. The molecule has 0 aliphatic heterocycles. The van der Waals surface area contributed by atoms with Crippen LogP contribution in [-0.2, 0) is 0 Å². The Morgan fingerprint density at radius 1 is 0.625 bits per heavy atom. The molecule has 16 heavy (non-hydrogen) atoms. The molecule has 0 nitrogen and oxygen atoms in total. The Labute approximate surface area is 91.1 Å². The molecule has 3 rings (SSSR count). The van der Waals surface area contributed by atoms with E-state index < -0.39 is 0 Å². The van der Waals surface area contributed by atoms with Crippen molar-refractivity contribution < 1.29 is 8.78 Å². The zero-order chi connectivity index (χ0) is 11.1. The highest BCUT2D eigenvalue weighted by atomic mass is 19.1. The molecule has 0 N–H and O–H groups in total. The molecule has 0 saturated heterocycles. The van der Waals surface area contributed by atoms with E-state index in [-0.39, 0.29) is 11.6 Å². The zero-order valence-electron chi connectivity index (χ0n) is 8.37. The second-order valence-electron chi connectivity index (χ2n) is 3.77. The monoisotopic (exact) mass is 214 g/mol. The molecule has 0 heterocycles. The van der Waals surface area contributed by atoms with E-state index in [0.29, 0.717) is 10.8 Å². The van der Waals surface area contributed by atoms with Crippen molar-refractivity contribution >= 4 is 21.5 Å². The minimum Gasteiger partial charge on any atom is -0.206 e. The third-order valence-corrected chi connectivity index (χ3v) is 2.77. The molecule has 78 valence electrons. The number of hydrogen-bond acceptors (Lipinski definition) is 0. The van der Waals surface area contributed by atoms with E-state index in [1.54, 1.807) is 36.4 Å². The summed E-state index contributed by atoms with van der Waals surface area (Å²) in [5, 5.41) is 2.50. The Balaban J connectivity index is 2.54. The van der Waals surface area contributed by atoms with Crippen molar-refractivity contribution in [2.75, 3.05) is 0 Å². The van der Waals surface area contributed by atoms with Crippen LogP contribution in [0.3, 0.4) is 0 Å². The van der Waals surface area contributed by atoms with E-state index in [0.717, 1.165) is 10.8 Å². The van der Waals surface area contributed by atoms with Crippen molar-refractivity contribution in [3.05, 3.63) is 60.2 Å². The molecular weight excluding hydrogens is 206 g/mol. The third kappa shape index (κ3) is 1.27. The number of halogens is 2. The summed E-state index contributed by atoms with van der Waals surface area (Å²) in [6, 6.07) is 13.0. The summed E-state index contributed by atoms with van der Waals surface area (Å²) in [7, 11) is 0. The minimum atomic E-state index is -0.274. The van der Waals surface area contributed by atoms with E-state index in [1.807, 2.05) is 0 Å². The van der Waals surface area contributed by atoms with Gasteiger partial charge >= 0.3 is 0 Å². The van der Waals surface area contributed by atoms with Gasteiger partial charge in [0.05, 0.1) is 0 Å². The van der Waals surface area contributed by atoms with Gasteiger partial charge in [-0.05, 0) is 35.0 Å². The van der Waals surface area contributed by atoms with Gasteiger partial charge < -0.3 is 0 Å². The summed E-state index contributed by atoms with van der Waals surface area (Å²) < 4.78 is 27.0. The van der Waals surface area contributed by atoms with Gasteiger partial charge in [-0.15, -0.1) is 0 Å². The third-order valence-electron chi connectivity index (χ3n) is 2.77. The lowest BCUT2D eigenvalue weighted by atomic mass is 10.0. The zero-order valence-corrected chi connectivity index (χ0v) is 8.37. The molecule has 0 atom stereocenters. The SMILES string of the molecule is Fc1cccc2cc3c(F)cccc3cc12. The quantitative estimate of drug-likeness (QED) is 0.490. The lowest BCUT2D eigenvalue weighted by Crippen LogP contribution is -1.83. The second kappa shape index (κ2) is 3.27. The topological polar surface area (TPSA) is 0 Å². The number of rotatable bonds is 0. The molecule has 0 unspecified atom stereocenters. The van der Waals surface area contributed by atoms with Gasteiger partial charge in [-0.3, -0.25) is 0 Å². The lowest BCUT2D eigenvalue weighted by Gasteiger charge is -2.03. The van der Waals surface area contributed by atoms with Gasteiger partial charge in [-0.1, -0.05) is 24.3 Å². The summed E-state index contributed by atoms with van der Waals surface area (Å²) >= 11 is 0. The fourth-order valence-corrected chi connectivity index (χ4v) is 1.97. The molecule has 0 aliphatic rings. The highest BCUT2D eigenvalue weighted by molar-refractivity contribution is 5.98. The fraction of sp³-hybridized carbons (Fsp3) is 0. The summed E-state index contributed by atoms with van der Waals surface area (Å²) in [5.74, 6) is -0.549. The molecule has 0 radical (unpaired) electrons. The first-order valence-electron chi connectivity index (χ1n) is 5.02. The Morgan fingerprint density at radius 3 is 1.50 bits per heavy atom. The molecule has 0 fully saturated rings. The van der Waals surface area contributed by atoms with E-state index in [4.69, 9.17) is 0 Å². The Morgan fingerprint density at radius 2 is 1.06 bits per heavy atom. The molecule has 0 amide bonds. The number of benzene rings is 3. The average molecular weight is 214 g/mol. The normalized spacial score (nSPS) is 11.1. The molecule has 0 spiro atoms. The van der Waals surface area contributed by atoms with Crippen LogP contribution in [0.15, 0.2) is 48.5 Å². The summed E-state index contributed by atoms with van der Waals surface area (Å²) in [4.78, 5) is 0. The van der Waals surface area contributed by atoms with Crippen LogP contribution in [0.2, 0.25) is 0 Å². The molecule has 0 bridgehead atoms. The number of fused-ring (bicyclic) bond motifs is 2. The second-order valence-corrected chi connectivity index (χ2v) is 3.77. The van der Waals surface area contributed by atoms with E-state index in [1.165, 1.54) is 12.1 Å². The standard InChI is InChI=1S/C14H8F2/c15-13-5-1-3-9-7-12-10(8-11(9)13)4-2-6-14(12)16/h1-8H. The first kappa shape index (κ1) is 9.28. The highest BCUT2D eigenvalue weighted by Gasteiger charge is 2.04. The fourth-order valence-electron chi connectivity index (χ4n) is 1.97. The molecule has 3 aromatic rings. The summed E-state index contributed by atoms with van der Waals surface area (Å²) in [6.45, 7) is 0. The Hall–Kier alpha value is -1.96. The van der Waals surface area contributed by atoms with Gasteiger partial charge in [0, 0.05) is 10.8 Å². The lowest BCUT2D eigenvalue weighted by molar-refractivity contribution is 0.638. The molecule has 2 heteroatoms. The van der Waals surface area contributed by atoms with Gasteiger partial charge in [-0.2, -0.15) is 0 Å². The van der Waals surface area contributed by atoms with Gasteiger partial charge in [-0.25, -0.2) is 8.78 Å². The molecule has 3 aromatic carbocycles. The smallest absolute Gasteiger partial charge is 0.131 e. The van der Waals surface area contributed by atoms with Crippen LogP contribution in [0.5, 0.6) is 0 Å². The van der Waals surface area contributed by atoms with E-state index >= 15 is 0 Å². The Kier molecular flexibility index (Phi) is 1.90. The van der Waals surface area contributed by atoms with Crippen LogP contribution in [0.25, 0.3) is 21.5 Å². The van der Waals surface area contributed by atoms with Crippen molar-refractivity contribution in [1.82, 2.24) is 0 Å².